The fourth-order valence-corrected chi connectivity index (χ4v) is 9.64. The van der Waals surface area contributed by atoms with Crippen molar-refractivity contribution in [3.8, 4) is 0 Å². The summed E-state index contributed by atoms with van der Waals surface area (Å²) in [4.78, 5) is 0. The zero-order valence-electron chi connectivity index (χ0n) is 16.4. The molecule has 1 heterocycles. The van der Waals surface area contributed by atoms with Gasteiger partial charge in [0.05, 0.1) is 18.8 Å². The van der Waals surface area contributed by atoms with Crippen LogP contribution in [0.3, 0.4) is 0 Å². The van der Waals surface area contributed by atoms with Crippen LogP contribution in [0.2, 0.25) is 16.6 Å². The van der Waals surface area contributed by atoms with Crippen LogP contribution in [-0.4, -0.2) is 44.6 Å². The van der Waals surface area contributed by atoms with E-state index >= 15 is 0 Å². The molecule has 2 atom stereocenters. The van der Waals surface area contributed by atoms with E-state index in [-0.39, 0.29) is 6.10 Å². The molecule has 0 aromatic rings. The van der Waals surface area contributed by atoms with E-state index in [2.05, 4.69) is 41.5 Å². The maximum atomic E-state index is 10.3. The Hall–Kier alpha value is 0.0569. The molecule has 0 aromatic heterocycles. The van der Waals surface area contributed by atoms with Crippen molar-refractivity contribution >= 4 is 8.32 Å². The third-order valence-electron chi connectivity index (χ3n) is 5.11. The van der Waals surface area contributed by atoms with Crippen molar-refractivity contribution in [2.45, 2.75) is 103 Å². The monoisotopic (exact) mass is 346 g/mol. The molecule has 0 amide bonds. The van der Waals surface area contributed by atoms with Gasteiger partial charge in [0.2, 0.25) is 0 Å². The minimum absolute atomic E-state index is 0.0118. The molecule has 1 fully saturated rings. The lowest BCUT2D eigenvalue weighted by atomic mass is 10.1. The maximum absolute atomic E-state index is 10.3. The van der Waals surface area contributed by atoms with Crippen LogP contribution < -0.4 is 0 Å². The lowest BCUT2D eigenvalue weighted by Gasteiger charge is -2.42. The van der Waals surface area contributed by atoms with Gasteiger partial charge in [0.25, 0.3) is 0 Å². The molecule has 5 heteroatoms. The molecule has 1 aliphatic rings. The summed E-state index contributed by atoms with van der Waals surface area (Å²) in [5.74, 6) is -0.518. The molecule has 1 saturated heterocycles. The van der Waals surface area contributed by atoms with Gasteiger partial charge in [0, 0.05) is 13.0 Å². The van der Waals surface area contributed by atoms with E-state index in [4.69, 9.17) is 13.9 Å². The molecule has 23 heavy (non-hydrogen) atoms. The van der Waals surface area contributed by atoms with Crippen molar-refractivity contribution in [2.24, 2.45) is 0 Å². The van der Waals surface area contributed by atoms with Crippen molar-refractivity contribution in [1.82, 2.24) is 0 Å². The largest absolute Gasteiger partial charge is 0.416 e. The van der Waals surface area contributed by atoms with Gasteiger partial charge in [0.15, 0.2) is 14.1 Å². The third-order valence-corrected chi connectivity index (χ3v) is 11.2. The molecule has 138 valence electrons. The highest BCUT2D eigenvalue weighted by Gasteiger charge is 2.45. The van der Waals surface area contributed by atoms with E-state index in [0.717, 1.165) is 0 Å². The molecule has 1 rings (SSSR count). The summed E-state index contributed by atoms with van der Waals surface area (Å²) in [6.07, 6.45) is 0.881. The quantitative estimate of drug-likeness (QED) is 0.626. The predicted molar refractivity (Wildman–Crippen MR) is 97.1 cm³/mol. The van der Waals surface area contributed by atoms with Crippen molar-refractivity contribution < 1.29 is 19.0 Å². The number of aliphatic hydroxyl groups is 1. The van der Waals surface area contributed by atoms with Crippen LogP contribution in [0.15, 0.2) is 0 Å². The number of hydrogen-bond donors (Lipinski definition) is 1. The fourth-order valence-electron chi connectivity index (χ4n) is 4.17. The van der Waals surface area contributed by atoms with E-state index < -0.39 is 20.2 Å². The summed E-state index contributed by atoms with van der Waals surface area (Å²) in [6.45, 7) is 18.7. The van der Waals surface area contributed by atoms with Gasteiger partial charge in [-0.1, -0.05) is 41.5 Å². The Morgan fingerprint density at radius 1 is 1.09 bits per heavy atom. The van der Waals surface area contributed by atoms with Gasteiger partial charge in [-0.25, -0.2) is 0 Å². The topological polar surface area (TPSA) is 47.9 Å². The molecule has 4 nitrogen and oxygen atoms in total. The van der Waals surface area contributed by atoms with Crippen LogP contribution in [0, 0.1) is 0 Å². The summed E-state index contributed by atoms with van der Waals surface area (Å²) < 4.78 is 17.8. The standard InChI is InChI=1S/C18H38O4Si/c1-13(2)23(14(3)4,15(5)6)21-10-9-16(19)11-17-12-20-18(7,8)22-17/h13-17,19H,9-12H2,1-8H3/t16-,17-/m0/s1. The van der Waals surface area contributed by atoms with E-state index in [1.165, 1.54) is 0 Å². The minimum Gasteiger partial charge on any atom is -0.416 e. The lowest BCUT2D eigenvalue weighted by Crippen LogP contribution is -2.48. The van der Waals surface area contributed by atoms with Crippen LogP contribution in [0.1, 0.15) is 68.2 Å². The van der Waals surface area contributed by atoms with Crippen molar-refractivity contribution in [2.75, 3.05) is 13.2 Å². The lowest BCUT2D eigenvalue weighted by molar-refractivity contribution is -0.141. The SMILES string of the molecule is CC(C)[Si](OCC[C@H](O)C[C@H]1COC(C)(C)O1)(C(C)C)C(C)C. The van der Waals surface area contributed by atoms with Gasteiger partial charge in [-0.2, -0.15) is 0 Å². The van der Waals surface area contributed by atoms with Gasteiger partial charge in [0.1, 0.15) is 0 Å². The molecule has 0 unspecified atom stereocenters. The Kier molecular flexibility index (Phi) is 7.74. The van der Waals surface area contributed by atoms with Crippen molar-refractivity contribution in [3.05, 3.63) is 0 Å². The molecule has 0 aromatic carbocycles. The Balaban J connectivity index is 2.47. The van der Waals surface area contributed by atoms with Gasteiger partial charge in [-0.3, -0.25) is 0 Å². The van der Waals surface area contributed by atoms with Gasteiger partial charge < -0.3 is 19.0 Å². The minimum atomic E-state index is -1.83. The Labute approximate surface area is 144 Å². The molecule has 0 bridgehead atoms. The first-order chi connectivity index (χ1) is 10.5. The van der Waals surface area contributed by atoms with Crippen LogP contribution in [-0.2, 0) is 13.9 Å². The first-order valence-corrected chi connectivity index (χ1v) is 11.3. The molecule has 0 saturated carbocycles. The summed E-state index contributed by atoms with van der Waals surface area (Å²) in [6, 6.07) is 0. The maximum Gasteiger partial charge on any atom is 0.200 e. The summed E-state index contributed by atoms with van der Waals surface area (Å²) in [5, 5.41) is 10.3. The number of hydrogen-bond acceptors (Lipinski definition) is 4. The second-order valence-corrected chi connectivity index (χ2v) is 13.8. The highest BCUT2D eigenvalue weighted by molar-refractivity contribution is 6.77. The Bertz CT molecular complexity index is 333. The average Bonchev–Trinajstić information content (AvgIpc) is 2.72. The van der Waals surface area contributed by atoms with Crippen molar-refractivity contribution in [3.63, 3.8) is 0 Å². The van der Waals surface area contributed by atoms with Gasteiger partial charge in [-0.15, -0.1) is 0 Å². The summed E-state index contributed by atoms with van der Waals surface area (Å²) >= 11 is 0. The number of rotatable bonds is 9. The molecule has 0 radical (unpaired) electrons. The summed E-state index contributed by atoms with van der Waals surface area (Å²) in [7, 11) is -1.83. The first-order valence-electron chi connectivity index (χ1n) is 9.15. The van der Waals surface area contributed by atoms with Gasteiger partial charge in [-0.05, 0) is 36.9 Å². The van der Waals surface area contributed by atoms with Crippen LogP contribution in [0.25, 0.3) is 0 Å². The smallest absolute Gasteiger partial charge is 0.200 e. The molecular weight excluding hydrogens is 308 g/mol. The van der Waals surface area contributed by atoms with Crippen LogP contribution >= 0.6 is 0 Å². The van der Waals surface area contributed by atoms with Gasteiger partial charge >= 0.3 is 0 Å². The predicted octanol–water partition coefficient (Wildman–Crippen LogP) is 4.47. The molecule has 0 aliphatic carbocycles. The normalized spacial score (nSPS) is 23.2. The zero-order valence-corrected chi connectivity index (χ0v) is 17.4. The zero-order chi connectivity index (χ0) is 17.8. The highest BCUT2D eigenvalue weighted by atomic mass is 28.4. The second-order valence-electron chi connectivity index (χ2n) is 8.30. The Morgan fingerprint density at radius 2 is 1.61 bits per heavy atom. The van der Waals surface area contributed by atoms with E-state index in [1.807, 2.05) is 13.8 Å². The summed E-state index contributed by atoms with van der Waals surface area (Å²) in [5.41, 5.74) is 1.73. The highest BCUT2D eigenvalue weighted by Crippen LogP contribution is 2.42. The molecule has 0 spiro atoms. The Morgan fingerprint density at radius 3 is 2.00 bits per heavy atom. The fraction of sp³-hybridized carbons (Fsp3) is 1.00. The van der Waals surface area contributed by atoms with E-state index in [9.17, 15) is 5.11 Å². The number of ether oxygens (including phenoxy) is 2. The van der Waals surface area contributed by atoms with Crippen LogP contribution in [0.5, 0.6) is 0 Å². The van der Waals surface area contributed by atoms with E-state index in [1.54, 1.807) is 0 Å². The van der Waals surface area contributed by atoms with E-state index in [0.29, 0.717) is 42.7 Å². The molecule has 1 N–H and O–H groups in total. The number of aliphatic hydroxyl groups excluding tert-OH is 1. The van der Waals surface area contributed by atoms with Crippen molar-refractivity contribution in [1.29, 1.82) is 0 Å². The third kappa shape index (κ3) is 5.53. The first kappa shape index (κ1) is 21.1. The molecule has 1 aliphatic heterocycles. The average molecular weight is 347 g/mol. The second kappa shape index (κ2) is 8.43. The van der Waals surface area contributed by atoms with Crippen LogP contribution in [0.4, 0.5) is 0 Å². The molecular formula is C18H38O4Si.